The van der Waals surface area contributed by atoms with Crippen molar-refractivity contribution in [3.05, 3.63) is 65.3 Å². The van der Waals surface area contributed by atoms with E-state index in [1.54, 1.807) is 36.6 Å². The minimum Gasteiger partial charge on any atom is -0.484 e. The molecule has 2 aromatic carbocycles. The molecule has 1 aliphatic rings. The van der Waals surface area contributed by atoms with Crippen molar-refractivity contribution < 1.29 is 23.3 Å². The maximum atomic E-state index is 13.2. The molecule has 3 rings (SSSR count). The largest absolute Gasteiger partial charge is 0.484 e. The van der Waals surface area contributed by atoms with Crippen LogP contribution in [0.4, 0.5) is 4.39 Å². The molecular weight excluding hydrogens is 347 g/mol. The van der Waals surface area contributed by atoms with Gasteiger partial charge in [-0.25, -0.2) is 4.39 Å². The molecule has 1 heterocycles. The topological polar surface area (TPSA) is 36.9 Å². The molecule has 0 amide bonds. The third kappa shape index (κ3) is 4.79. The highest BCUT2D eigenvalue weighted by atomic mass is 35.5. The van der Waals surface area contributed by atoms with Gasteiger partial charge in [-0.15, -0.1) is 0 Å². The van der Waals surface area contributed by atoms with Gasteiger partial charge in [-0.05, 0) is 30.7 Å². The van der Waals surface area contributed by atoms with Gasteiger partial charge < -0.3 is 18.9 Å². The molecule has 0 saturated heterocycles. The summed E-state index contributed by atoms with van der Waals surface area (Å²) in [6.45, 7) is 2.29. The first-order chi connectivity index (χ1) is 12.1. The molecule has 0 N–H and O–H groups in total. The quantitative estimate of drug-likeness (QED) is 0.634. The fraction of sp³-hybridized carbons (Fsp3) is 0.263. The summed E-state index contributed by atoms with van der Waals surface area (Å²) in [6.07, 6.45) is 3.13. The molecule has 1 atom stereocenters. The van der Waals surface area contributed by atoms with Crippen molar-refractivity contribution in [2.24, 2.45) is 0 Å². The van der Waals surface area contributed by atoms with E-state index < -0.39 is 0 Å². The lowest BCUT2D eigenvalue weighted by Crippen LogP contribution is -2.10. The van der Waals surface area contributed by atoms with Crippen molar-refractivity contribution in [2.75, 3.05) is 6.61 Å². The molecule has 0 saturated carbocycles. The van der Waals surface area contributed by atoms with Crippen molar-refractivity contribution in [2.45, 2.75) is 26.1 Å². The van der Waals surface area contributed by atoms with E-state index in [0.29, 0.717) is 28.0 Å². The number of benzene rings is 2. The Bertz CT molecular complexity index is 763. The first kappa shape index (κ1) is 17.4. The Kier molecular flexibility index (Phi) is 5.66. The summed E-state index contributed by atoms with van der Waals surface area (Å²) in [4.78, 5) is 0. The maximum Gasteiger partial charge on any atom is 0.240 e. The third-order valence-corrected chi connectivity index (χ3v) is 3.76. The van der Waals surface area contributed by atoms with Crippen LogP contribution in [0.3, 0.4) is 0 Å². The smallest absolute Gasteiger partial charge is 0.240 e. The van der Waals surface area contributed by atoms with Crippen LogP contribution in [0.2, 0.25) is 5.02 Å². The number of hydrogen-bond donors (Lipinski definition) is 0. The lowest BCUT2D eigenvalue weighted by Gasteiger charge is -2.12. The summed E-state index contributed by atoms with van der Waals surface area (Å²) in [7, 11) is 0. The summed E-state index contributed by atoms with van der Waals surface area (Å²) in [5.41, 5.74) is 0. The molecule has 0 aromatic heterocycles. The van der Waals surface area contributed by atoms with Crippen molar-refractivity contribution in [3.8, 4) is 17.2 Å². The van der Waals surface area contributed by atoms with E-state index in [1.807, 2.05) is 0 Å². The molecule has 0 radical (unpaired) electrons. The van der Waals surface area contributed by atoms with E-state index in [2.05, 4.69) is 6.92 Å². The molecule has 0 spiro atoms. The lowest BCUT2D eigenvalue weighted by atomic mass is 10.3. The highest BCUT2D eigenvalue weighted by Crippen LogP contribution is 2.32. The molecule has 0 bridgehead atoms. The van der Waals surface area contributed by atoms with Gasteiger partial charge in [0.05, 0.1) is 5.02 Å². The average molecular weight is 365 g/mol. The average Bonchev–Trinajstić information content (AvgIpc) is 3.02. The van der Waals surface area contributed by atoms with Gasteiger partial charge in [-0.1, -0.05) is 24.6 Å². The molecule has 1 aliphatic heterocycles. The monoisotopic (exact) mass is 364 g/mol. The fourth-order valence-electron chi connectivity index (χ4n) is 2.28. The summed E-state index contributed by atoms with van der Waals surface area (Å²) in [6, 6.07) is 10.9. The van der Waals surface area contributed by atoms with Crippen LogP contribution in [0.15, 0.2) is 54.5 Å². The molecule has 0 aliphatic carbocycles. The highest BCUT2D eigenvalue weighted by Gasteiger charge is 2.19. The molecule has 6 heteroatoms. The Morgan fingerprint density at radius 2 is 2.00 bits per heavy atom. The predicted octanol–water partition coefficient (Wildman–Crippen LogP) is 5.66. The SMILES string of the molecule is CCCC1OC=C(COc2ccc(Oc3cccc(F)c3)cc2Cl)O1. The van der Waals surface area contributed by atoms with Gasteiger partial charge in [0.1, 0.15) is 35.9 Å². The first-order valence-electron chi connectivity index (χ1n) is 8.01. The van der Waals surface area contributed by atoms with Crippen LogP contribution in [0, 0.1) is 5.82 Å². The van der Waals surface area contributed by atoms with Crippen molar-refractivity contribution in [1.82, 2.24) is 0 Å². The van der Waals surface area contributed by atoms with Gasteiger partial charge in [0.25, 0.3) is 0 Å². The zero-order valence-electron chi connectivity index (χ0n) is 13.7. The second-order valence-corrected chi connectivity index (χ2v) is 5.90. The van der Waals surface area contributed by atoms with Gasteiger partial charge in [0.15, 0.2) is 5.76 Å². The van der Waals surface area contributed by atoms with Crippen LogP contribution < -0.4 is 9.47 Å². The van der Waals surface area contributed by atoms with Crippen LogP contribution in [-0.2, 0) is 9.47 Å². The van der Waals surface area contributed by atoms with Gasteiger partial charge in [0.2, 0.25) is 6.29 Å². The van der Waals surface area contributed by atoms with E-state index in [9.17, 15) is 4.39 Å². The van der Waals surface area contributed by atoms with Crippen LogP contribution in [-0.4, -0.2) is 12.9 Å². The molecule has 2 aromatic rings. The van der Waals surface area contributed by atoms with Crippen LogP contribution >= 0.6 is 11.6 Å². The Morgan fingerprint density at radius 1 is 1.16 bits per heavy atom. The van der Waals surface area contributed by atoms with E-state index in [-0.39, 0.29) is 18.7 Å². The second kappa shape index (κ2) is 8.12. The van der Waals surface area contributed by atoms with Gasteiger partial charge in [-0.3, -0.25) is 0 Å². The van der Waals surface area contributed by atoms with E-state index in [4.69, 9.17) is 30.5 Å². The van der Waals surface area contributed by atoms with Crippen LogP contribution in [0.1, 0.15) is 19.8 Å². The Morgan fingerprint density at radius 3 is 2.76 bits per heavy atom. The van der Waals surface area contributed by atoms with E-state index >= 15 is 0 Å². The third-order valence-electron chi connectivity index (χ3n) is 3.46. The van der Waals surface area contributed by atoms with Gasteiger partial charge in [0, 0.05) is 18.6 Å². The molecule has 4 nitrogen and oxygen atoms in total. The van der Waals surface area contributed by atoms with Gasteiger partial charge in [-0.2, -0.15) is 0 Å². The molecular formula is C19H18ClFO4. The van der Waals surface area contributed by atoms with E-state index in [0.717, 1.165) is 12.8 Å². The second-order valence-electron chi connectivity index (χ2n) is 5.50. The summed E-state index contributed by atoms with van der Waals surface area (Å²) in [5, 5.41) is 0.388. The van der Waals surface area contributed by atoms with Crippen molar-refractivity contribution in [1.29, 1.82) is 0 Å². The normalized spacial score (nSPS) is 16.0. The number of hydrogen-bond acceptors (Lipinski definition) is 4. The van der Waals surface area contributed by atoms with Crippen LogP contribution in [0.25, 0.3) is 0 Å². The Labute approximate surface area is 150 Å². The molecule has 132 valence electrons. The Hall–Kier alpha value is -2.40. The summed E-state index contributed by atoms with van der Waals surface area (Å²) < 4.78 is 35.4. The fourth-order valence-corrected chi connectivity index (χ4v) is 2.51. The van der Waals surface area contributed by atoms with Crippen molar-refractivity contribution >= 4 is 11.6 Å². The summed E-state index contributed by atoms with van der Waals surface area (Å²) in [5.74, 6) is 1.64. The Balaban J connectivity index is 1.57. The summed E-state index contributed by atoms with van der Waals surface area (Å²) >= 11 is 6.22. The molecule has 1 unspecified atom stereocenters. The zero-order valence-corrected chi connectivity index (χ0v) is 14.5. The zero-order chi connectivity index (χ0) is 17.6. The standard InChI is InChI=1S/C19H18ClFO4/c1-2-4-19-23-12-16(25-19)11-22-18-8-7-15(10-17(18)20)24-14-6-3-5-13(21)9-14/h3,5-10,12,19H,2,4,11H2,1H3. The minimum absolute atomic E-state index is 0.226. The van der Waals surface area contributed by atoms with Gasteiger partial charge >= 0.3 is 0 Å². The highest BCUT2D eigenvalue weighted by molar-refractivity contribution is 6.32. The van der Waals surface area contributed by atoms with Crippen LogP contribution in [0.5, 0.6) is 17.2 Å². The lowest BCUT2D eigenvalue weighted by molar-refractivity contribution is -0.0413. The molecule has 0 fully saturated rings. The number of rotatable bonds is 7. The van der Waals surface area contributed by atoms with Crippen molar-refractivity contribution in [3.63, 3.8) is 0 Å². The minimum atomic E-state index is -0.364. The predicted molar refractivity (Wildman–Crippen MR) is 92.4 cm³/mol. The molecule has 25 heavy (non-hydrogen) atoms. The van der Waals surface area contributed by atoms with E-state index in [1.165, 1.54) is 12.1 Å². The number of halogens is 2. The number of ether oxygens (including phenoxy) is 4. The maximum absolute atomic E-state index is 13.2. The first-order valence-corrected chi connectivity index (χ1v) is 8.39.